The van der Waals surface area contributed by atoms with Crippen LogP contribution in [0.5, 0.6) is 0 Å². The number of carbonyl (C=O) groups is 2. The number of amides is 2. The minimum atomic E-state index is -0.570. The zero-order valence-electron chi connectivity index (χ0n) is 11.2. The summed E-state index contributed by atoms with van der Waals surface area (Å²) in [6.07, 6.45) is 0.0450. The molecule has 0 spiro atoms. The number of hydrogen-bond donors (Lipinski definition) is 3. The van der Waals surface area contributed by atoms with Gasteiger partial charge in [-0.3, -0.25) is 9.59 Å². The number of aliphatic imine (C=N–C) groups is 2. The molecule has 0 radical (unpaired) electrons. The molecule has 0 aromatic heterocycles. The molecular weight excluding hydrogens is 290 g/mol. The third kappa shape index (κ3) is 4.60. The van der Waals surface area contributed by atoms with E-state index in [9.17, 15) is 9.59 Å². The maximum atomic E-state index is 11.8. The maximum Gasteiger partial charge on any atom is 0.262 e. The largest absolute Gasteiger partial charge is 0.370 e. The van der Waals surface area contributed by atoms with Gasteiger partial charge in [-0.2, -0.15) is 9.98 Å². The standard InChI is InChI=1S/C13H15N5O2S/c14-12(15)18-13-17-11(20)9(21-13)6-10(19)16-7-8-4-2-1-3-5-8/h1-5,9H,6-7H2,(H,16,19)(H4,14,15,17,18,20)/t9-/m0/s1. The number of guanidine groups is 1. The summed E-state index contributed by atoms with van der Waals surface area (Å²) in [6, 6.07) is 9.52. The number of nitrogens with zero attached hydrogens (tertiary/aromatic N) is 2. The second kappa shape index (κ2) is 6.89. The molecule has 21 heavy (non-hydrogen) atoms. The molecule has 5 N–H and O–H groups in total. The van der Waals surface area contributed by atoms with E-state index < -0.39 is 11.2 Å². The van der Waals surface area contributed by atoms with Crippen molar-refractivity contribution in [3.05, 3.63) is 35.9 Å². The van der Waals surface area contributed by atoms with E-state index in [0.29, 0.717) is 6.54 Å². The third-order valence-electron chi connectivity index (χ3n) is 2.66. The molecule has 0 saturated heterocycles. The second-order valence-electron chi connectivity index (χ2n) is 4.34. The molecule has 110 valence electrons. The van der Waals surface area contributed by atoms with Crippen LogP contribution in [0.4, 0.5) is 0 Å². The molecular formula is C13H15N5O2S. The van der Waals surface area contributed by atoms with Crippen LogP contribution in [-0.4, -0.2) is 28.2 Å². The summed E-state index contributed by atoms with van der Waals surface area (Å²) < 4.78 is 0. The molecule has 1 heterocycles. The number of nitrogens with one attached hydrogen (secondary N) is 1. The molecule has 1 atom stereocenters. The van der Waals surface area contributed by atoms with E-state index in [1.165, 1.54) is 0 Å². The highest BCUT2D eigenvalue weighted by atomic mass is 32.2. The fraction of sp³-hybridized carbons (Fsp3) is 0.231. The van der Waals surface area contributed by atoms with Crippen LogP contribution in [0.2, 0.25) is 0 Å². The van der Waals surface area contributed by atoms with Crippen LogP contribution in [0, 0.1) is 0 Å². The molecule has 0 aliphatic carbocycles. The van der Waals surface area contributed by atoms with E-state index in [4.69, 9.17) is 11.5 Å². The lowest BCUT2D eigenvalue weighted by Crippen LogP contribution is -2.27. The van der Waals surface area contributed by atoms with Gasteiger partial charge in [-0.25, -0.2) is 0 Å². The molecule has 2 rings (SSSR count). The average Bonchev–Trinajstić information content (AvgIpc) is 2.76. The van der Waals surface area contributed by atoms with Gasteiger partial charge in [-0.1, -0.05) is 42.1 Å². The molecule has 0 unspecified atom stereocenters. The number of rotatable bonds is 4. The van der Waals surface area contributed by atoms with Crippen molar-refractivity contribution >= 4 is 34.7 Å². The minimum absolute atomic E-state index is 0.0450. The SMILES string of the molecule is NC(N)=NC1=NC(=O)[C@H](CC(=O)NCc2ccccc2)S1. The first-order valence-electron chi connectivity index (χ1n) is 6.24. The van der Waals surface area contributed by atoms with Crippen LogP contribution in [0.3, 0.4) is 0 Å². The van der Waals surface area contributed by atoms with Crippen LogP contribution in [0.25, 0.3) is 0 Å². The smallest absolute Gasteiger partial charge is 0.262 e. The van der Waals surface area contributed by atoms with Gasteiger partial charge in [-0.05, 0) is 5.56 Å². The monoisotopic (exact) mass is 305 g/mol. The van der Waals surface area contributed by atoms with E-state index in [1.54, 1.807) is 0 Å². The van der Waals surface area contributed by atoms with Crippen LogP contribution in [-0.2, 0) is 16.1 Å². The van der Waals surface area contributed by atoms with Gasteiger partial charge in [0.1, 0.15) is 5.25 Å². The first-order chi connectivity index (χ1) is 10.0. The van der Waals surface area contributed by atoms with Crippen molar-refractivity contribution in [3.8, 4) is 0 Å². The van der Waals surface area contributed by atoms with Crippen molar-refractivity contribution in [2.75, 3.05) is 0 Å². The Balaban J connectivity index is 1.82. The summed E-state index contributed by atoms with van der Waals surface area (Å²) in [4.78, 5) is 30.9. The summed E-state index contributed by atoms with van der Waals surface area (Å²) in [6.45, 7) is 0.423. The number of benzene rings is 1. The van der Waals surface area contributed by atoms with E-state index in [1.807, 2.05) is 30.3 Å². The highest BCUT2D eigenvalue weighted by Gasteiger charge is 2.30. The van der Waals surface area contributed by atoms with Gasteiger partial charge in [0.15, 0.2) is 11.1 Å². The Labute approximate surface area is 125 Å². The Morgan fingerprint density at radius 3 is 2.71 bits per heavy atom. The lowest BCUT2D eigenvalue weighted by Gasteiger charge is -2.07. The highest BCUT2D eigenvalue weighted by Crippen LogP contribution is 2.25. The Bertz CT molecular complexity index is 596. The number of carbonyl (C=O) groups excluding carboxylic acids is 2. The van der Waals surface area contributed by atoms with Crippen molar-refractivity contribution in [2.45, 2.75) is 18.2 Å². The Kier molecular flexibility index (Phi) is 4.94. The number of nitrogens with two attached hydrogens (primary N) is 2. The fourth-order valence-corrected chi connectivity index (χ4v) is 2.64. The van der Waals surface area contributed by atoms with Gasteiger partial charge in [0.25, 0.3) is 5.91 Å². The van der Waals surface area contributed by atoms with Gasteiger partial charge in [0.05, 0.1) is 0 Å². The topological polar surface area (TPSA) is 123 Å². The summed E-state index contributed by atoms with van der Waals surface area (Å²) in [5, 5.41) is 2.39. The Hall–Kier alpha value is -2.35. The normalized spacial score (nSPS) is 17.2. The Morgan fingerprint density at radius 2 is 2.05 bits per heavy atom. The lowest BCUT2D eigenvalue weighted by atomic mass is 10.2. The number of thioether (sulfide) groups is 1. The minimum Gasteiger partial charge on any atom is -0.370 e. The Morgan fingerprint density at radius 1 is 1.33 bits per heavy atom. The van der Waals surface area contributed by atoms with Crippen molar-refractivity contribution in [1.82, 2.24) is 5.32 Å². The first-order valence-corrected chi connectivity index (χ1v) is 7.12. The molecule has 7 nitrogen and oxygen atoms in total. The van der Waals surface area contributed by atoms with Crippen LogP contribution in [0.15, 0.2) is 40.3 Å². The molecule has 8 heteroatoms. The van der Waals surface area contributed by atoms with E-state index in [-0.39, 0.29) is 23.5 Å². The van der Waals surface area contributed by atoms with Crippen molar-refractivity contribution in [1.29, 1.82) is 0 Å². The zero-order valence-corrected chi connectivity index (χ0v) is 12.0. The molecule has 1 aliphatic heterocycles. The third-order valence-corrected chi connectivity index (χ3v) is 3.70. The number of amidine groups is 1. The van der Waals surface area contributed by atoms with E-state index >= 15 is 0 Å². The molecule has 2 amide bonds. The lowest BCUT2D eigenvalue weighted by molar-refractivity contribution is -0.124. The number of hydrogen-bond acceptors (Lipinski definition) is 4. The summed E-state index contributed by atoms with van der Waals surface area (Å²) in [5.41, 5.74) is 11.4. The van der Waals surface area contributed by atoms with Crippen LogP contribution in [0.1, 0.15) is 12.0 Å². The zero-order chi connectivity index (χ0) is 15.2. The molecule has 0 saturated carbocycles. The van der Waals surface area contributed by atoms with Crippen LogP contribution >= 0.6 is 11.8 Å². The van der Waals surface area contributed by atoms with E-state index in [2.05, 4.69) is 15.3 Å². The first kappa shape index (κ1) is 15.0. The second-order valence-corrected chi connectivity index (χ2v) is 5.51. The predicted octanol–water partition coefficient (Wildman–Crippen LogP) is -0.0357. The molecule has 0 bridgehead atoms. The van der Waals surface area contributed by atoms with Crippen molar-refractivity contribution < 1.29 is 9.59 Å². The summed E-state index contributed by atoms with van der Waals surface area (Å²) in [7, 11) is 0. The molecule has 1 aromatic carbocycles. The van der Waals surface area contributed by atoms with Gasteiger partial charge < -0.3 is 16.8 Å². The van der Waals surface area contributed by atoms with E-state index in [0.717, 1.165) is 17.3 Å². The molecule has 1 aromatic rings. The molecule has 0 fully saturated rings. The summed E-state index contributed by atoms with van der Waals surface area (Å²) in [5.74, 6) is -0.774. The molecule has 1 aliphatic rings. The van der Waals surface area contributed by atoms with Crippen molar-refractivity contribution in [3.63, 3.8) is 0 Å². The van der Waals surface area contributed by atoms with Gasteiger partial charge in [-0.15, -0.1) is 0 Å². The van der Waals surface area contributed by atoms with Crippen molar-refractivity contribution in [2.24, 2.45) is 21.5 Å². The maximum absolute atomic E-state index is 11.8. The van der Waals surface area contributed by atoms with Gasteiger partial charge in [0.2, 0.25) is 5.91 Å². The fourth-order valence-electron chi connectivity index (χ4n) is 1.70. The van der Waals surface area contributed by atoms with Crippen LogP contribution < -0.4 is 16.8 Å². The summed E-state index contributed by atoms with van der Waals surface area (Å²) >= 11 is 1.09. The van der Waals surface area contributed by atoms with Gasteiger partial charge in [0, 0.05) is 13.0 Å². The predicted molar refractivity (Wildman–Crippen MR) is 82.5 cm³/mol. The average molecular weight is 305 g/mol. The van der Waals surface area contributed by atoms with Gasteiger partial charge >= 0.3 is 0 Å². The highest BCUT2D eigenvalue weighted by molar-refractivity contribution is 8.15. The quantitative estimate of drug-likeness (QED) is 0.532.